The molecule has 0 radical (unpaired) electrons. The Bertz CT molecular complexity index is 919. The summed E-state index contributed by atoms with van der Waals surface area (Å²) in [6, 6.07) is 6.02. The summed E-state index contributed by atoms with van der Waals surface area (Å²) in [6.45, 7) is 1.98. The van der Waals surface area contributed by atoms with Gasteiger partial charge < -0.3 is 18.6 Å². The SMILES string of the molecule is COc1ccc(-c2noc(CSc3nnc(C)n3C3CC3)n2)c(OC)c1. The fourth-order valence-corrected chi connectivity index (χ4v) is 3.62. The lowest BCUT2D eigenvalue weighted by Gasteiger charge is -2.07. The van der Waals surface area contributed by atoms with Gasteiger partial charge in [0.2, 0.25) is 11.7 Å². The third-order valence-electron chi connectivity index (χ3n) is 4.19. The van der Waals surface area contributed by atoms with Crippen molar-refractivity contribution < 1.29 is 14.0 Å². The van der Waals surface area contributed by atoms with E-state index in [4.69, 9.17) is 14.0 Å². The van der Waals surface area contributed by atoms with Crippen LogP contribution in [0.1, 0.15) is 30.6 Å². The third kappa shape index (κ3) is 3.26. The number of thioether (sulfide) groups is 1. The van der Waals surface area contributed by atoms with Crippen LogP contribution in [0.25, 0.3) is 11.4 Å². The maximum atomic E-state index is 5.40. The van der Waals surface area contributed by atoms with E-state index in [9.17, 15) is 0 Å². The summed E-state index contributed by atoms with van der Waals surface area (Å²) < 4.78 is 18.2. The van der Waals surface area contributed by atoms with Gasteiger partial charge in [0.15, 0.2) is 5.16 Å². The molecule has 0 atom stereocenters. The lowest BCUT2D eigenvalue weighted by Crippen LogP contribution is -1.99. The molecule has 1 saturated carbocycles. The van der Waals surface area contributed by atoms with Crippen molar-refractivity contribution in [3.63, 3.8) is 0 Å². The Balaban J connectivity index is 1.50. The Morgan fingerprint density at radius 3 is 2.81 bits per heavy atom. The first-order chi connectivity index (χ1) is 12.7. The molecule has 3 aromatic rings. The van der Waals surface area contributed by atoms with Crippen molar-refractivity contribution in [2.45, 2.75) is 36.7 Å². The maximum Gasteiger partial charge on any atom is 0.237 e. The number of hydrogen-bond donors (Lipinski definition) is 0. The number of methoxy groups -OCH3 is 2. The van der Waals surface area contributed by atoms with Crippen molar-refractivity contribution in [1.82, 2.24) is 24.9 Å². The second-order valence-corrected chi connectivity index (χ2v) is 6.94. The molecule has 0 unspecified atom stereocenters. The molecule has 136 valence electrons. The largest absolute Gasteiger partial charge is 0.497 e. The number of ether oxygens (including phenoxy) is 2. The van der Waals surface area contributed by atoms with Crippen LogP contribution in [0, 0.1) is 6.92 Å². The van der Waals surface area contributed by atoms with Gasteiger partial charge in [-0.15, -0.1) is 10.2 Å². The number of aryl methyl sites for hydroxylation is 1. The molecule has 1 aromatic carbocycles. The molecule has 0 saturated heterocycles. The molecule has 2 heterocycles. The molecule has 0 aliphatic heterocycles. The van der Waals surface area contributed by atoms with E-state index in [1.54, 1.807) is 32.0 Å². The summed E-state index contributed by atoms with van der Waals surface area (Å²) in [5.41, 5.74) is 0.755. The highest BCUT2D eigenvalue weighted by molar-refractivity contribution is 7.98. The Morgan fingerprint density at radius 2 is 2.08 bits per heavy atom. The zero-order valence-corrected chi connectivity index (χ0v) is 15.6. The Labute approximate surface area is 154 Å². The van der Waals surface area contributed by atoms with Gasteiger partial charge in [-0.2, -0.15) is 4.98 Å². The van der Waals surface area contributed by atoms with Crippen molar-refractivity contribution in [3.8, 4) is 22.9 Å². The summed E-state index contributed by atoms with van der Waals surface area (Å²) in [7, 11) is 3.21. The topological polar surface area (TPSA) is 88.1 Å². The van der Waals surface area contributed by atoms with Crippen LogP contribution >= 0.6 is 11.8 Å². The van der Waals surface area contributed by atoms with Gasteiger partial charge >= 0.3 is 0 Å². The van der Waals surface area contributed by atoms with E-state index in [1.165, 1.54) is 12.8 Å². The quantitative estimate of drug-likeness (QED) is 0.583. The van der Waals surface area contributed by atoms with E-state index in [0.717, 1.165) is 16.5 Å². The number of aromatic nitrogens is 5. The van der Waals surface area contributed by atoms with Crippen LogP contribution in [-0.4, -0.2) is 39.1 Å². The van der Waals surface area contributed by atoms with Gasteiger partial charge in [-0.25, -0.2) is 0 Å². The Hall–Kier alpha value is -2.55. The molecule has 8 nitrogen and oxygen atoms in total. The molecule has 0 N–H and O–H groups in total. The first-order valence-corrected chi connectivity index (χ1v) is 9.27. The lowest BCUT2D eigenvalue weighted by atomic mass is 10.2. The second-order valence-electron chi connectivity index (χ2n) is 6.00. The molecule has 2 aromatic heterocycles. The van der Waals surface area contributed by atoms with Crippen LogP contribution in [0.3, 0.4) is 0 Å². The van der Waals surface area contributed by atoms with Crippen LogP contribution in [0.15, 0.2) is 27.9 Å². The van der Waals surface area contributed by atoms with Gasteiger partial charge in [0, 0.05) is 12.1 Å². The molecule has 4 rings (SSSR count). The van der Waals surface area contributed by atoms with Gasteiger partial charge in [0.1, 0.15) is 17.3 Å². The minimum absolute atomic E-state index is 0.486. The first-order valence-electron chi connectivity index (χ1n) is 8.29. The number of rotatable bonds is 7. The highest BCUT2D eigenvalue weighted by Gasteiger charge is 2.28. The van der Waals surface area contributed by atoms with Crippen LogP contribution in [0.4, 0.5) is 0 Å². The zero-order chi connectivity index (χ0) is 18.1. The van der Waals surface area contributed by atoms with Gasteiger partial charge in [-0.1, -0.05) is 16.9 Å². The zero-order valence-electron chi connectivity index (χ0n) is 14.8. The van der Waals surface area contributed by atoms with E-state index in [2.05, 4.69) is 24.9 Å². The molecular weight excluding hydrogens is 354 g/mol. The summed E-state index contributed by atoms with van der Waals surface area (Å²) in [5.74, 6) is 3.85. The molecule has 0 bridgehead atoms. The second kappa shape index (κ2) is 6.99. The lowest BCUT2D eigenvalue weighted by molar-refractivity contribution is 0.388. The highest BCUT2D eigenvalue weighted by Crippen LogP contribution is 2.39. The maximum absolute atomic E-state index is 5.40. The van der Waals surface area contributed by atoms with Gasteiger partial charge in [0.05, 0.1) is 25.5 Å². The normalized spacial score (nSPS) is 13.8. The molecule has 1 fully saturated rings. The van der Waals surface area contributed by atoms with E-state index in [0.29, 0.717) is 35.0 Å². The molecule has 0 amide bonds. The van der Waals surface area contributed by atoms with Gasteiger partial charge in [-0.05, 0) is 31.9 Å². The van der Waals surface area contributed by atoms with Gasteiger partial charge in [-0.3, -0.25) is 0 Å². The van der Waals surface area contributed by atoms with E-state index in [-0.39, 0.29) is 0 Å². The smallest absolute Gasteiger partial charge is 0.237 e. The van der Waals surface area contributed by atoms with Gasteiger partial charge in [0.25, 0.3) is 0 Å². The fourth-order valence-electron chi connectivity index (χ4n) is 2.73. The minimum atomic E-state index is 0.486. The van der Waals surface area contributed by atoms with Crippen molar-refractivity contribution in [2.24, 2.45) is 0 Å². The van der Waals surface area contributed by atoms with E-state index < -0.39 is 0 Å². The number of hydrogen-bond acceptors (Lipinski definition) is 8. The third-order valence-corrected chi connectivity index (χ3v) is 5.12. The predicted molar refractivity (Wildman–Crippen MR) is 95.4 cm³/mol. The summed E-state index contributed by atoms with van der Waals surface area (Å²) in [5, 5.41) is 13.4. The van der Waals surface area contributed by atoms with Crippen LogP contribution in [0.5, 0.6) is 11.5 Å². The fraction of sp³-hybridized carbons (Fsp3) is 0.412. The highest BCUT2D eigenvalue weighted by atomic mass is 32.2. The molecule has 9 heteroatoms. The molecular formula is C17H19N5O3S. The Morgan fingerprint density at radius 1 is 1.23 bits per heavy atom. The van der Waals surface area contributed by atoms with Crippen molar-refractivity contribution in [3.05, 3.63) is 29.9 Å². The van der Waals surface area contributed by atoms with Crippen LogP contribution in [0.2, 0.25) is 0 Å². The average Bonchev–Trinajstić information content (AvgIpc) is 3.27. The van der Waals surface area contributed by atoms with E-state index in [1.807, 2.05) is 19.1 Å². The van der Waals surface area contributed by atoms with E-state index >= 15 is 0 Å². The number of benzene rings is 1. The first kappa shape index (κ1) is 16.9. The standard InChI is InChI=1S/C17H19N5O3S/c1-10-19-20-17(22(10)11-4-5-11)26-9-15-18-16(21-25-15)13-7-6-12(23-2)8-14(13)24-3/h6-8,11H,4-5,9H2,1-3H3. The molecule has 1 aliphatic carbocycles. The van der Waals surface area contributed by atoms with Crippen molar-refractivity contribution in [2.75, 3.05) is 14.2 Å². The van der Waals surface area contributed by atoms with Crippen molar-refractivity contribution in [1.29, 1.82) is 0 Å². The monoisotopic (exact) mass is 373 g/mol. The average molecular weight is 373 g/mol. The minimum Gasteiger partial charge on any atom is -0.497 e. The number of nitrogens with zero attached hydrogens (tertiary/aromatic N) is 5. The van der Waals surface area contributed by atoms with Crippen LogP contribution in [-0.2, 0) is 5.75 Å². The molecule has 1 aliphatic rings. The van der Waals surface area contributed by atoms with Crippen molar-refractivity contribution >= 4 is 11.8 Å². The molecule has 0 spiro atoms. The summed E-state index contributed by atoms with van der Waals surface area (Å²) in [6.07, 6.45) is 2.38. The van der Waals surface area contributed by atoms with Crippen LogP contribution < -0.4 is 9.47 Å². The summed E-state index contributed by atoms with van der Waals surface area (Å²) >= 11 is 1.56. The summed E-state index contributed by atoms with van der Waals surface area (Å²) in [4.78, 5) is 4.48. The molecule has 26 heavy (non-hydrogen) atoms. The Kier molecular flexibility index (Phi) is 4.54. The predicted octanol–water partition coefficient (Wildman–Crippen LogP) is 3.28.